The monoisotopic (exact) mass is 432 g/mol. The minimum atomic E-state index is -3.57. The zero-order valence-electron chi connectivity index (χ0n) is 17.6. The zero-order valence-corrected chi connectivity index (χ0v) is 18.4. The maximum Gasteiger partial charge on any atom is 0.251 e. The molecule has 0 spiro atoms. The number of hydrogen-bond donors (Lipinski definition) is 1. The molecule has 2 aromatic carbocycles. The molecule has 1 amide bonds. The number of nitrogens with one attached hydrogen (secondary N) is 1. The summed E-state index contributed by atoms with van der Waals surface area (Å²) in [6.45, 7) is 4.96. The maximum absolute atomic E-state index is 12.8. The molecule has 162 valence electrons. The molecule has 1 aliphatic rings. The van der Waals surface area contributed by atoms with Crippen molar-refractivity contribution >= 4 is 15.9 Å². The molecule has 1 fully saturated rings. The highest BCUT2D eigenvalue weighted by atomic mass is 32.2. The van der Waals surface area contributed by atoms with Crippen LogP contribution in [0.1, 0.15) is 35.7 Å². The first-order valence-electron chi connectivity index (χ1n) is 10.00. The summed E-state index contributed by atoms with van der Waals surface area (Å²) in [7, 11) is -1.98. The molecule has 1 heterocycles. The van der Waals surface area contributed by atoms with Gasteiger partial charge in [0.05, 0.1) is 18.0 Å². The standard InChI is InChI=1S/C22H28N2O5S/c1-16-6-11-20(30(26,27)24-12-4-5-13-24)14-21(16)22(25)23-17(2)15-29-19-9-7-18(28-3)8-10-19/h6-11,14,17H,4-5,12-13,15H2,1-3H3,(H,23,25). The number of nitrogens with zero attached hydrogens (tertiary/aromatic N) is 1. The third-order valence-electron chi connectivity index (χ3n) is 5.09. The number of carbonyl (C=O) groups is 1. The third kappa shape index (κ3) is 5.12. The number of aryl methyl sites for hydroxylation is 1. The van der Waals surface area contributed by atoms with Gasteiger partial charge in [-0.1, -0.05) is 6.07 Å². The molecule has 8 heteroatoms. The molecule has 0 saturated carbocycles. The molecule has 1 aliphatic heterocycles. The van der Waals surface area contributed by atoms with Crippen LogP contribution >= 0.6 is 0 Å². The number of sulfonamides is 1. The highest BCUT2D eigenvalue weighted by molar-refractivity contribution is 7.89. The summed E-state index contributed by atoms with van der Waals surface area (Å²) in [5.41, 5.74) is 1.07. The van der Waals surface area contributed by atoms with Crippen molar-refractivity contribution in [1.29, 1.82) is 0 Å². The van der Waals surface area contributed by atoms with E-state index in [2.05, 4.69) is 5.32 Å². The highest BCUT2D eigenvalue weighted by Crippen LogP contribution is 2.23. The van der Waals surface area contributed by atoms with Crippen LogP contribution in [-0.2, 0) is 10.0 Å². The van der Waals surface area contributed by atoms with Gasteiger partial charge in [-0.2, -0.15) is 4.31 Å². The van der Waals surface area contributed by atoms with Crippen LogP contribution in [0.2, 0.25) is 0 Å². The summed E-state index contributed by atoms with van der Waals surface area (Å²) in [6, 6.07) is 11.6. The first-order chi connectivity index (χ1) is 14.3. The average Bonchev–Trinajstić information content (AvgIpc) is 3.28. The van der Waals surface area contributed by atoms with Gasteiger partial charge < -0.3 is 14.8 Å². The van der Waals surface area contributed by atoms with Crippen molar-refractivity contribution in [3.05, 3.63) is 53.6 Å². The van der Waals surface area contributed by atoms with Crippen molar-refractivity contribution in [3.63, 3.8) is 0 Å². The first kappa shape index (κ1) is 22.1. The van der Waals surface area contributed by atoms with Crippen LogP contribution in [0.15, 0.2) is 47.4 Å². The van der Waals surface area contributed by atoms with Gasteiger partial charge in [0.25, 0.3) is 5.91 Å². The fraction of sp³-hybridized carbons (Fsp3) is 0.409. The lowest BCUT2D eigenvalue weighted by molar-refractivity contribution is 0.0926. The maximum atomic E-state index is 12.8. The van der Waals surface area contributed by atoms with Crippen LogP contribution in [0.5, 0.6) is 11.5 Å². The summed E-state index contributed by atoms with van der Waals surface area (Å²) in [5, 5.41) is 2.88. The van der Waals surface area contributed by atoms with Gasteiger partial charge in [-0.25, -0.2) is 8.42 Å². The molecule has 0 bridgehead atoms. The van der Waals surface area contributed by atoms with E-state index in [-0.39, 0.29) is 23.5 Å². The number of amides is 1. The van der Waals surface area contributed by atoms with Gasteiger partial charge in [0, 0.05) is 18.7 Å². The van der Waals surface area contributed by atoms with Crippen LogP contribution < -0.4 is 14.8 Å². The van der Waals surface area contributed by atoms with Crippen LogP contribution in [-0.4, -0.2) is 51.5 Å². The van der Waals surface area contributed by atoms with E-state index in [0.29, 0.717) is 24.4 Å². The lowest BCUT2D eigenvalue weighted by atomic mass is 10.1. The molecule has 7 nitrogen and oxygen atoms in total. The average molecular weight is 433 g/mol. The van der Waals surface area contributed by atoms with Crippen molar-refractivity contribution in [2.45, 2.75) is 37.6 Å². The van der Waals surface area contributed by atoms with Crippen molar-refractivity contribution < 1.29 is 22.7 Å². The quantitative estimate of drug-likeness (QED) is 0.693. The van der Waals surface area contributed by atoms with E-state index >= 15 is 0 Å². The number of hydrogen-bond acceptors (Lipinski definition) is 5. The molecule has 1 N–H and O–H groups in total. The Kier molecular flexibility index (Phi) is 6.99. The lowest BCUT2D eigenvalue weighted by Gasteiger charge is -2.18. The van der Waals surface area contributed by atoms with Gasteiger partial charge in [-0.3, -0.25) is 4.79 Å². The van der Waals surface area contributed by atoms with Crippen LogP contribution in [0.3, 0.4) is 0 Å². The fourth-order valence-electron chi connectivity index (χ4n) is 3.32. The second-order valence-corrected chi connectivity index (χ2v) is 9.39. The summed E-state index contributed by atoms with van der Waals surface area (Å²) >= 11 is 0. The molecule has 0 aliphatic carbocycles. The number of rotatable bonds is 8. The number of carbonyl (C=O) groups excluding carboxylic acids is 1. The number of methoxy groups -OCH3 is 1. The highest BCUT2D eigenvalue weighted by Gasteiger charge is 2.28. The van der Waals surface area contributed by atoms with Crippen LogP contribution in [0.4, 0.5) is 0 Å². The summed E-state index contributed by atoms with van der Waals surface area (Å²) in [5.74, 6) is 1.09. The van der Waals surface area contributed by atoms with Crippen molar-refractivity contribution in [2.75, 3.05) is 26.8 Å². The van der Waals surface area contributed by atoms with Crippen molar-refractivity contribution in [1.82, 2.24) is 9.62 Å². The van der Waals surface area contributed by atoms with Crippen LogP contribution in [0.25, 0.3) is 0 Å². The van der Waals surface area contributed by atoms with Crippen molar-refractivity contribution in [3.8, 4) is 11.5 Å². The molecular formula is C22H28N2O5S. The number of benzene rings is 2. The first-order valence-corrected chi connectivity index (χ1v) is 11.4. The molecule has 2 aromatic rings. The second kappa shape index (κ2) is 9.49. The topological polar surface area (TPSA) is 84.9 Å². The summed E-state index contributed by atoms with van der Waals surface area (Å²) in [6.07, 6.45) is 1.73. The Balaban J connectivity index is 1.65. The fourth-order valence-corrected chi connectivity index (χ4v) is 4.86. The molecule has 1 unspecified atom stereocenters. The summed E-state index contributed by atoms with van der Waals surface area (Å²) in [4.78, 5) is 12.9. The van der Waals surface area contributed by atoms with Gasteiger partial charge in [0.1, 0.15) is 18.1 Å². The smallest absolute Gasteiger partial charge is 0.251 e. The molecule has 1 saturated heterocycles. The minimum Gasteiger partial charge on any atom is -0.497 e. The molecular weight excluding hydrogens is 404 g/mol. The second-order valence-electron chi connectivity index (χ2n) is 7.45. The minimum absolute atomic E-state index is 0.155. The normalized spacial score (nSPS) is 15.6. The molecule has 1 atom stereocenters. The molecule has 0 radical (unpaired) electrons. The van der Waals surface area contributed by atoms with Crippen LogP contribution in [0, 0.1) is 6.92 Å². The zero-order chi connectivity index (χ0) is 21.7. The Hall–Kier alpha value is -2.58. The van der Waals surface area contributed by atoms with E-state index in [0.717, 1.165) is 24.2 Å². The predicted molar refractivity (Wildman–Crippen MR) is 115 cm³/mol. The van der Waals surface area contributed by atoms with E-state index < -0.39 is 10.0 Å². The SMILES string of the molecule is COc1ccc(OCC(C)NC(=O)c2cc(S(=O)(=O)N3CCCC3)ccc2C)cc1. The van der Waals surface area contributed by atoms with E-state index in [9.17, 15) is 13.2 Å². The Bertz CT molecular complexity index is 983. The summed E-state index contributed by atoms with van der Waals surface area (Å²) < 4.78 is 37.9. The predicted octanol–water partition coefficient (Wildman–Crippen LogP) is 2.99. The third-order valence-corrected chi connectivity index (χ3v) is 6.99. The Labute approximate surface area is 178 Å². The van der Waals surface area contributed by atoms with E-state index in [1.807, 2.05) is 6.92 Å². The Morgan fingerprint density at radius 2 is 1.73 bits per heavy atom. The Morgan fingerprint density at radius 1 is 1.10 bits per heavy atom. The molecule has 3 rings (SSSR count). The van der Waals surface area contributed by atoms with Gasteiger partial charge >= 0.3 is 0 Å². The van der Waals surface area contributed by atoms with E-state index in [1.54, 1.807) is 50.4 Å². The Morgan fingerprint density at radius 3 is 2.37 bits per heavy atom. The molecule has 30 heavy (non-hydrogen) atoms. The van der Waals surface area contributed by atoms with Gasteiger partial charge in [-0.05, 0) is 68.7 Å². The van der Waals surface area contributed by atoms with Gasteiger partial charge in [0.15, 0.2) is 0 Å². The number of ether oxygens (including phenoxy) is 2. The lowest BCUT2D eigenvalue weighted by Crippen LogP contribution is -2.37. The molecule has 0 aromatic heterocycles. The van der Waals surface area contributed by atoms with E-state index in [4.69, 9.17) is 9.47 Å². The largest absolute Gasteiger partial charge is 0.497 e. The van der Waals surface area contributed by atoms with Crippen molar-refractivity contribution in [2.24, 2.45) is 0 Å². The van der Waals surface area contributed by atoms with Gasteiger partial charge in [0.2, 0.25) is 10.0 Å². The van der Waals surface area contributed by atoms with E-state index in [1.165, 1.54) is 10.4 Å². The van der Waals surface area contributed by atoms with Gasteiger partial charge in [-0.15, -0.1) is 0 Å².